The van der Waals surface area contributed by atoms with Crippen molar-refractivity contribution in [3.05, 3.63) is 0 Å². The van der Waals surface area contributed by atoms with Crippen molar-refractivity contribution < 1.29 is 51.0 Å². The maximum absolute atomic E-state index is 9.83. The molecule has 152 valence electrons. The molecule has 0 aliphatic heterocycles. The van der Waals surface area contributed by atoms with Crippen molar-refractivity contribution in [1.82, 2.24) is 0 Å². The van der Waals surface area contributed by atoms with Crippen LogP contribution in [0.4, 0.5) is 26.9 Å². The zero-order chi connectivity index (χ0) is 20.7. The van der Waals surface area contributed by atoms with E-state index in [4.69, 9.17) is 10.2 Å². The summed E-state index contributed by atoms with van der Waals surface area (Å²) in [7, 11) is -6.00. The predicted molar refractivity (Wildman–Crippen MR) is 85.2 cm³/mol. The summed E-state index contributed by atoms with van der Waals surface area (Å²) in [6, 6.07) is 0. The lowest BCUT2D eigenvalue weighted by Crippen LogP contribution is -2.47. The Hall–Kier alpha value is -1.72. The minimum atomic E-state index is -6.00. The summed E-state index contributed by atoms with van der Waals surface area (Å²) >= 11 is 0. The molecule has 7 nitrogen and oxygen atoms in total. The Labute approximate surface area is 145 Å². The topological polar surface area (TPSA) is 93.1 Å². The highest BCUT2D eigenvalue weighted by Crippen LogP contribution is 2.06. The zero-order valence-corrected chi connectivity index (χ0v) is 15.2. The van der Waals surface area contributed by atoms with Gasteiger partial charge in [0.05, 0.1) is 26.2 Å². The molecule has 0 aromatic heterocycles. The number of nitrogens with zero attached hydrogens (tertiary/aromatic N) is 1. The summed E-state index contributed by atoms with van der Waals surface area (Å²) in [5.41, 5.74) is 0. The van der Waals surface area contributed by atoms with Crippen molar-refractivity contribution in [2.75, 3.05) is 32.8 Å². The number of carbonyl (C=O) groups is 2. The molecule has 2 N–H and O–H groups in total. The molecule has 0 heterocycles. The van der Waals surface area contributed by atoms with Crippen LogP contribution >= 0.6 is 0 Å². The largest absolute Gasteiger partial charge is 0.673 e. The highest BCUT2D eigenvalue weighted by Gasteiger charge is 2.20. The summed E-state index contributed by atoms with van der Waals surface area (Å²) in [6.45, 7) is 15.3. The van der Waals surface area contributed by atoms with E-state index in [1.165, 1.54) is 37.6 Å². The maximum Gasteiger partial charge on any atom is 0.673 e. The highest BCUT2D eigenvalue weighted by molar-refractivity contribution is 6.50. The highest BCUT2D eigenvalue weighted by atomic mass is 19.5. The summed E-state index contributed by atoms with van der Waals surface area (Å²) < 4.78 is 48.4. The van der Waals surface area contributed by atoms with Gasteiger partial charge in [0.2, 0.25) is 0 Å². The van der Waals surface area contributed by atoms with Crippen LogP contribution in [-0.4, -0.2) is 73.2 Å². The molecule has 0 saturated heterocycles. The Kier molecular flexibility index (Phi) is 16.4. The van der Waals surface area contributed by atoms with Crippen LogP contribution in [0.25, 0.3) is 0 Å². The molecule has 1 unspecified atom stereocenters. The Morgan fingerprint density at radius 3 is 1.40 bits per heavy atom. The van der Waals surface area contributed by atoms with Gasteiger partial charge in [-0.25, -0.2) is 9.59 Å². The molecule has 0 rings (SSSR count). The molecule has 0 aromatic rings. The predicted octanol–water partition coefficient (Wildman–Crippen LogP) is 3.95. The van der Waals surface area contributed by atoms with Gasteiger partial charge in [-0.15, -0.1) is 0 Å². The molecule has 0 aliphatic carbocycles. The van der Waals surface area contributed by atoms with Gasteiger partial charge in [0.1, 0.15) is 12.7 Å². The number of ether oxygens (including phenoxy) is 2. The van der Waals surface area contributed by atoms with Crippen molar-refractivity contribution in [3.63, 3.8) is 0 Å². The molecule has 1 atom stereocenters. The smallest absolute Gasteiger partial charge is 0.450 e. The summed E-state index contributed by atoms with van der Waals surface area (Å²) in [4.78, 5) is 19.6. The van der Waals surface area contributed by atoms with Crippen LogP contribution in [0.2, 0.25) is 0 Å². The van der Waals surface area contributed by atoms with Gasteiger partial charge < -0.3 is 41.4 Å². The van der Waals surface area contributed by atoms with Gasteiger partial charge >= 0.3 is 19.6 Å². The number of quaternary nitrogens is 1. The fraction of sp³-hybridized carbons (Fsp3) is 0.846. The first-order chi connectivity index (χ1) is 11.3. The van der Waals surface area contributed by atoms with Gasteiger partial charge in [-0.05, 0) is 34.6 Å². The van der Waals surface area contributed by atoms with Crippen molar-refractivity contribution >= 4 is 19.6 Å². The number of carboxylic acid groups (broad SMARTS) is 2. The SMILES string of the molecule is CC(COC(=O)O)OC(=O)O.CC[N+](CC)(CC)CC.F[B-](F)(F)F. The number of hydrogen-bond acceptors (Lipinski definition) is 4. The minimum Gasteiger partial charge on any atom is -0.450 e. The quantitative estimate of drug-likeness (QED) is 0.300. The second-order valence-electron chi connectivity index (χ2n) is 4.87. The normalized spacial score (nSPS) is 11.9. The third-order valence-corrected chi connectivity index (χ3v) is 3.43. The van der Waals surface area contributed by atoms with Crippen LogP contribution in [0.5, 0.6) is 0 Å². The molecule has 0 radical (unpaired) electrons. The van der Waals surface area contributed by atoms with E-state index in [0.717, 1.165) is 0 Å². The zero-order valence-electron chi connectivity index (χ0n) is 15.2. The number of halogens is 4. The van der Waals surface area contributed by atoms with Crippen LogP contribution in [0.3, 0.4) is 0 Å². The summed E-state index contributed by atoms with van der Waals surface area (Å²) in [5, 5.41) is 16.0. The molecule has 0 bridgehead atoms. The Morgan fingerprint density at radius 2 is 1.24 bits per heavy atom. The van der Waals surface area contributed by atoms with Crippen molar-refractivity contribution in [3.8, 4) is 0 Å². The molecule has 0 fully saturated rings. The standard InChI is InChI=1S/C8H20N.C5H8O6.BF4/c1-5-9(6-2,7-3)8-4;1-3(11-5(8)9)2-10-4(6)7;2-1(3,4)5/h5-8H2,1-4H3;3H,2H2,1H3,(H,6,7)(H,8,9);/q+1;;-1. The average molecular weight is 381 g/mol. The molecule has 0 spiro atoms. The van der Waals surface area contributed by atoms with E-state index >= 15 is 0 Å². The molecular weight excluding hydrogens is 353 g/mol. The van der Waals surface area contributed by atoms with Crippen LogP contribution in [0.15, 0.2) is 0 Å². The van der Waals surface area contributed by atoms with Gasteiger partial charge in [0, 0.05) is 0 Å². The van der Waals surface area contributed by atoms with Crippen molar-refractivity contribution in [2.45, 2.75) is 40.7 Å². The lowest BCUT2D eigenvalue weighted by Gasteiger charge is -2.34. The van der Waals surface area contributed by atoms with E-state index in [0.29, 0.717) is 0 Å². The summed E-state index contributed by atoms with van der Waals surface area (Å²) in [6.07, 6.45) is -3.68. The Morgan fingerprint density at radius 1 is 0.920 bits per heavy atom. The molecule has 0 saturated carbocycles. The lowest BCUT2D eigenvalue weighted by atomic mass is 10.3. The van der Waals surface area contributed by atoms with E-state index in [-0.39, 0.29) is 6.61 Å². The molecule has 0 aromatic carbocycles. The van der Waals surface area contributed by atoms with E-state index in [1.54, 1.807) is 0 Å². The Balaban J connectivity index is -0.000000311. The van der Waals surface area contributed by atoms with E-state index in [1.807, 2.05) is 0 Å². The van der Waals surface area contributed by atoms with Crippen LogP contribution in [0, 0.1) is 0 Å². The average Bonchev–Trinajstić information content (AvgIpc) is 2.46. The fourth-order valence-electron chi connectivity index (χ4n) is 1.74. The maximum atomic E-state index is 9.83. The second kappa shape index (κ2) is 14.6. The number of hydrogen-bond donors (Lipinski definition) is 2. The first-order valence-corrected chi connectivity index (χ1v) is 7.74. The first kappa shape index (κ1) is 28.1. The van der Waals surface area contributed by atoms with E-state index in [9.17, 15) is 26.9 Å². The molecule has 0 aliphatic rings. The third-order valence-electron chi connectivity index (χ3n) is 3.43. The van der Waals surface area contributed by atoms with Crippen LogP contribution in [-0.2, 0) is 9.47 Å². The van der Waals surface area contributed by atoms with Gasteiger partial charge in [-0.3, -0.25) is 0 Å². The van der Waals surface area contributed by atoms with E-state index < -0.39 is 25.7 Å². The summed E-state index contributed by atoms with van der Waals surface area (Å²) in [5.74, 6) is 0. The van der Waals surface area contributed by atoms with Gasteiger partial charge in [-0.2, -0.15) is 0 Å². The fourth-order valence-corrected chi connectivity index (χ4v) is 1.74. The van der Waals surface area contributed by atoms with Gasteiger partial charge in [0.25, 0.3) is 0 Å². The molecular formula is C13H28BF4NO6. The van der Waals surface area contributed by atoms with Crippen molar-refractivity contribution in [2.24, 2.45) is 0 Å². The van der Waals surface area contributed by atoms with E-state index in [2.05, 4.69) is 37.2 Å². The van der Waals surface area contributed by atoms with Crippen LogP contribution < -0.4 is 0 Å². The molecule has 25 heavy (non-hydrogen) atoms. The third kappa shape index (κ3) is 24.7. The minimum absolute atomic E-state index is 0.290. The molecule has 12 heteroatoms. The second-order valence-corrected chi connectivity index (χ2v) is 4.87. The van der Waals surface area contributed by atoms with Gasteiger partial charge in [0.15, 0.2) is 0 Å². The number of rotatable bonds is 7. The molecule has 0 amide bonds. The first-order valence-electron chi connectivity index (χ1n) is 7.74. The van der Waals surface area contributed by atoms with Crippen LogP contribution in [0.1, 0.15) is 34.6 Å². The van der Waals surface area contributed by atoms with Crippen molar-refractivity contribution in [1.29, 1.82) is 0 Å². The van der Waals surface area contributed by atoms with Gasteiger partial charge in [-0.1, -0.05) is 0 Å². The Bertz CT molecular complexity index is 343. The monoisotopic (exact) mass is 381 g/mol. The lowest BCUT2D eigenvalue weighted by molar-refractivity contribution is -0.921.